The molecule has 1 unspecified atom stereocenters. The number of hydrogen-bond acceptors (Lipinski definition) is 5. The SMILES string of the molecule is CCCC1CCCCN1Cc1nnsc1NCC. The first-order chi connectivity index (χ1) is 8.85. The fraction of sp³-hybridized carbons (Fsp3) is 0.846. The summed E-state index contributed by atoms with van der Waals surface area (Å²) in [5.41, 5.74) is 1.13. The third-order valence-corrected chi connectivity index (χ3v) is 4.34. The number of rotatable bonds is 6. The second-order valence-corrected chi connectivity index (χ2v) is 5.74. The molecule has 0 aromatic carbocycles. The standard InChI is InChI=1S/C13H24N4S/c1-3-7-11-8-5-6-9-17(11)10-12-13(14-4-2)18-16-15-12/h11,14H,3-10H2,1-2H3. The summed E-state index contributed by atoms with van der Waals surface area (Å²) in [7, 11) is 0. The highest BCUT2D eigenvalue weighted by molar-refractivity contribution is 7.10. The molecular weight excluding hydrogens is 244 g/mol. The van der Waals surface area contributed by atoms with Gasteiger partial charge in [0.25, 0.3) is 0 Å². The molecule has 18 heavy (non-hydrogen) atoms. The Morgan fingerprint density at radius 2 is 2.28 bits per heavy atom. The van der Waals surface area contributed by atoms with E-state index in [9.17, 15) is 0 Å². The fourth-order valence-corrected chi connectivity index (χ4v) is 3.37. The lowest BCUT2D eigenvalue weighted by molar-refractivity contribution is 0.130. The third-order valence-electron chi connectivity index (χ3n) is 3.62. The monoisotopic (exact) mass is 268 g/mol. The molecule has 0 spiro atoms. The van der Waals surface area contributed by atoms with E-state index < -0.39 is 0 Å². The van der Waals surface area contributed by atoms with Crippen molar-refractivity contribution in [2.24, 2.45) is 0 Å². The average molecular weight is 268 g/mol. The molecule has 4 nitrogen and oxygen atoms in total. The van der Waals surface area contributed by atoms with Crippen molar-refractivity contribution in [1.29, 1.82) is 0 Å². The molecule has 2 heterocycles. The molecule has 1 aromatic rings. The Kier molecular flexibility index (Phi) is 5.38. The predicted octanol–water partition coefficient (Wildman–Crippen LogP) is 3.12. The number of likely N-dealkylation sites (tertiary alicyclic amines) is 1. The number of aromatic nitrogens is 2. The van der Waals surface area contributed by atoms with Gasteiger partial charge in [-0.3, -0.25) is 4.90 Å². The Labute approximate surface area is 114 Å². The zero-order valence-electron chi connectivity index (χ0n) is 11.5. The van der Waals surface area contributed by atoms with E-state index in [-0.39, 0.29) is 0 Å². The fourth-order valence-electron chi connectivity index (χ4n) is 2.73. The smallest absolute Gasteiger partial charge is 0.134 e. The third kappa shape index (κ3) is 3.42. The molecule has 0 bridgehead atoms. The maximum absolute atomic E-state index is 4.29. The number of nitrogens with one attached hydrogen (secondary N) is 1. The van der Waals surface area contributed by atoms with Crippen LogP contribution >= 0.6 is 11.5 Å². The van der Waals surface area contributed by atoms with Crippen molar-refractivity contribution in [3.63, 3.8) is 0 Å². The summed E-state index contributed by atoms with van der Waals surface area (Å²) < 4.78 is 4.08. The maximum atomic E-state index is 4.29. The second kappa shape index (κ2) is 7.04. The van der Waals surface area contributed by atoms with Crippen LogP contribution < -0.4 is 5.32 Å². The van der Waals surface area contributed by atoms with Gasteiger partial charge in [0.1, 0.15) is 10.7 Å². The van der Waals surface area contributed by atoms with E-state index in [4.69, 9.17) is 0 Å². The molecule has 1 N–H and O–H groups in total. The minimum atomic E-state index is 0.750. The van der Waals surface area contributed by atoms with Crippen LogP contribution in [0.25, 0.3) is 0 Å². The lowest BCUT2D eigenvalue weighted by Gasteiger charge is -2.35. The highest BCUT2D eigenvalue weighted by Gasteiger charge is 2.23. The van der Waals surface area contributed by atoms with Crippen molar-refractivity contribution in [3.05, 3.63) is 5.69 Å². The van der Waals surface area contributed by atoms with E-state index in [1.807, 2.05) is 0 Å². The van der Waals surface area contributed by atoms with Crippen LogP contribution in [0.2, 0.25) is 0 Å². The topological polar surface area (TPSA) is 41.1 Å². The Bertz CT molecular complexity index is 351. The van der Waals surface area contributed by atoms with Gasteiger partial charge in [0.05, 0.1) is 0 Å². The van der Waals surface area contributed by atoms with E-state index in [1.54, 1.807) is 0 Å². The maximum Gasteiger partial charge on any atom is 0.134 e. The number of piperidine rings is 1. The van der Waals surface area contributed by atoms with Crippen LogP contribution in [0.5, 0.6) is 0 Å². The van der Waals surface area contributed by atoms with Gasteiger partial charge in [-0.25, -0.2) is 0 Å². The Hall–Kier alpha value is -0.680. The summed E-state index contributed by atoms with van der Waals surface area (Å²) in [5.74, 6) is 0. The van der Waals surface area contributed by atoms with Crippen LogP contribution in [0, 0.1) is 0 Å². The second-order valence-electron chi connectivity index (χ2n) is 4.99. The summed E-state index contributed by atoms with van der Waals surface area (Å²) >= 11 is 1.48. The zero-order valence-corrected chi connectivity index (χ0v) is 12.3. The Balaban J connectivity index is 1.99. The number of nitrogens with zero attached hydrogens (tertiary/aromatic N) is 3. The summed E-state index contributed by atoms with van der Waals surface area (Å²) in [5, 5.41) is 8.80. The number of hydrogen-bond donors (Lipinski definition) is 1. The molecule has 2 rings (SSSR count). The van der Waals surface area contributed by atoms with E-state index in [0.29, 0.717) is 0 Å². The molecule has 0 amide bonds. The molecule has 102 valence electrons. The molecule has 1 fully saturated rings. The average Bonchev–Trinajstić information content (AvgIpc) is 2.80. The van der Waals surface area contributed by atoms with Crippen molar-refractivity contribution in [2.75, 3.05) is 18.4 Å². The molecule has 1 aliphatic heterocycles. The molecule has 1 saturated heterocycles. The molecule has 1 atom stereocenters. The molecule has 0 aliphatic carbocycles. The van der Waals surface area contributed by atoms with Gasteiger partial charge in [0, 0.05) is 30.7 Å². The Morgan fingerprint density at radius 3 is 3.06 bits per heavy atom. The van der Waals surface area contributed by atoms with Crippen LogP contribution in [0.15, 0.2) is 0 Å². The van der Waals surface area contributed by atoms with Crippen LogP contribution in [-0.4, -0.2) is 33.6 Å². The largest absolute Gasteiger partial charge is 0.374 e. The summed E-state index contributed by atoms with van der Waals surface area (Å²) in [4.78, 5) is 2.60. The zero-order chi connectivity index (χ0) is 12.8. The summed E-state index contributed by atoms with van der Waals surface area (Å²) in [6, 6.07) is 0.750. The van der Waals surface area contributed by atoms with E-state index in [2.05, 4.69) is 33.7 Å². The van der Waals surface area contributed by atoms with Crippen molar-refractivity contribution in [2.45, 2.75) is 58.5 Å². The van der Waals surface area contributed by atoms with Crippen LogP contribution in [0.1, 0.15) is 51.6 Å². The minimum absolute atomic E-state index is 0.750. The quantitative estimate of drug-likeness (QED) is 0.860. The predicted molar refractivity (Wildman–Crippen MR) is 77.0 cm³/mol. The first-order valence-electron chi connectivity index (χ1n) is 7.14. The first kappa shape index (κ1) is 13.7. The highest BCUT2D eigenvalue weighted by Crippen LogP contribution is 2.25. The molecule has 5 heteroatoms. The number of anilines is 1. The van der Waals surface area contributed by atoms with Gasteiger partial charge in [0.15, 0.2) is 0 Å². The molecule has 0 saturated carbocycles. The van der Waals surface area contributed by atoms with Gasteiger partial charge < -0.3 is 5.32 Å². The van der Waals surface area contributed by atoms with Gasteiger partial charge in [0.2, 0.25) is 0 Å². The van der Waals surface area contributed by atoms with E-state index >= 15 is 0 Å². The lowest BCUT2D eigenvalue weighted by Crippen LogP contribution is -2.39. The van der Waals surface area contributed by atoms with Crippen LogP contribution in [0.3, 0.4) is 0 Å². The molecular formula is C13H24N4S. The Morgan fingerprint density at radius 1 is 1.39 bits per heavy atom. The van der Waals surface area contributed by atoms with E-state index in [0.717, 1.165) is 29.8 Å². The van der Waals surface area contributed by atoms with Crippen molar-refractivity contribution < 1.29 is 0 Å². The van der Waals surface area contributed by atoms with Crippen LogP contribution in [-0.2, 0) is 6.54 Å². The minimum Gasteiger partial charge on any atom is -0.374 e. The van der Waals surface area contributed by atoms with Crippen molar-refractivity contribution >= 4 is 16.5 Å². The normalized spacial score (nSPS) is 21.1. The molecule has 0 radical (unpaired) electrons. The van der Waals surface area contributed by atoms with Gasteiger partial charge in [-0.1, -0.05) is 24.3 Å². The van der Waals surface area contributed by atoms with Gasteiger partial charge in [-0.15, -0.1) is 5.10 Å². The van der Waals surface area contributed by atoms with Gasteiger partial charge in [-0.05, 0) is 32.7 Å². The summed E-state index contributed by atoms with van der Waals surface area (Å²) in [6.45, 7) is 7.51. The lowest BCUT2D eigenvalue weighted by atomic mass is 9.98. The highest BCUT2D eigenvalue weighted by atomic mass is 32.1. The van der Waals surface area contributed by atoms with Crippen LogP contribution in [0.4, 0.5) is 5.00 Å². The van der Waals surface area contributed by atoms with Gasteiger partial charge >= 0.3 is 0 Å². The van der Waals surface area contributed by atoms with Crippen molar-refractivity contribution in [3.8, 4) is 0 Å². The summed E-state index contributed by atoms with van der Waals surface area (Å²) in [6.07, 6.45) is 6.65. The van der Waals surface area contributed by atoms with Crippen molar-refractivity contribution in [1.82, 2.24) is 14.5 Å². The van der Waals surface area contributed by atoms with Gasteiger partial charge in [-0.2, -0.15) is 0 Å². The molecule has 1 aromatic heterocycles. The van der Waals surface area contributed by atoms with E-state index in [1.165, 1.54) is 50.2 Å². The molecule has 1 aliphatic rings. The first-order valence-corrected chi connectivity index (χ1v) is 7.91.